The van der Waals surface area contributed by atoms with Gasteiger partial charge in [0.2, 0.25) is 0 Å². The van der Waals surface area contributed by atoms with Gasteiger partial charge in [-0.25, -0.2) is 4.39 Å². The number of halogens is 2. The zero-order valence-electron chi connectivity index (χ0n) is 19.1. The number of benzene rings is 2. The Bertz CT molecular complexity index is 938. The summed E-state index contributed by atoms with van der Waals surface area (Å²) in [6, 6.07) is 11.6. The number of aliphatic hydroxyl groups is 1. The number of ether oxygens (including phenoxy) is 1. The van der Waals surface area contributed by atoms with Crippen LogP contribution in [-0.4, -0.2) is 23.3 Å². The van der Waals surface area contributed by atoms with Crippen LogP contribution in [0.5, 0.6) is 5.75 Å². The summed E-state index contributed by atoms with van der Waals surface area (Å²) in [4.78, 5) is 12.3. The Kier molecular flexibility index (Phi) is 10.2. The monoisotopic (exact) mass is 479 g/mol. The molecule has 2 aromatic carbocycles. The highest BCUT2D eigenvalue weighted by atomic mass is 35.5. The minimum absolute atomic E-state index is 0.0777. The van der Waals surface area contributed by atoms with Crippen molar-refractivity contribution in [1.82, 2.24) is 21.6 Å². The molecule has 33 heavy (non-hydrogen) atoms. The highest BCUT2D eigenvalue weighted by Gasteiger charge is 2.12. The van der Waals surface area contributed by atoms with Crippen molar-refractivity contribution in [1.29, 1.82) is 0 Å². The molecule has 0 aliphatic rings. The van der Waals surface area contributed by atoms with Crippen molar-refractivity contribution in [3.8, 4) is 5.75 Å². The van der Waals surface area contributed by atoms with E-state index < -0.39 is 18.0 Å². The van der Waals surface area contributed by atoms with Crippen LogP contribution in [0.25, 0.3) is 0 Å². The lowest BCUT2D eigenvalue weighted by atomic mass is 10.2. The van der Waals surface area contributed by atoms with E-state index in [9.17, 15) is 14.3 Å². The standard InChI is InChI=1S/C23H31ClFN5O3/c1-14(2)23(32)27-21(26-13-16-5-7-17(24)8-6-16)12-22(31)29-30-28-18-9-10-20(19(25)11-18)33-15(3)4/h5-12,14-15,23,26-28,30,32H,13H2,1-4H3,(H,29,31)/b21-12+. The van der Waals surface area contributed by atoms with Gasteiger partial charge in [0.15, 0.2) is 11.6 Å². The Labute approximate surface area is 198 Å². The molecule has 10 heteroatoms. The molecule has 0 radical (unpaired) electrons. The number of anilines is 1. The maximum Gasteiger partial charge on any atom is 0.263 e. The van der Waals surface area contributed by atoms with Crippen LogP contribution >= 0.6 is 11.6 Å². The Hall–Kier alpha value is -3.01. The van der Waals surface area contributed by atoms with Gasteiger partial charge >= 0.3 is 0 Å². The van der Waals surface area contributed by atoms with E-state index in [4.69, 9.17) is 16.3 Å². The number of hydrogen-bond acceptors (Lipinski definition) is 7. The quantitative estimate of drug-likeness (QED) is 0.157. The average molecular weight is 480 g/mol. The van der Waals surface area contributed by atoms with Crippen LogP contribution in [0.1, 0.15) is 33.3 Å². The molecular weight excluding hydrogens is 449 g/mol. The smallest absolute Gasteiger partial charge is 0.263 e. The van der Waals surface area contributed by atoms with Gasteiger partial charge in [-0.2, -0.15) is 0 Å². The van der Waals surface area contributed by atoms with Crippen molar-refractivity contribution in [2.24, 2.45) is 5.92 Å². The lowest BCUT2D eigenvalue weighted by Crippen LogP contribution is -2.43. The largest absolute Gasteiger partial charge is 0.488 e. The van der Waals surface area contributed by atoms with Gasteiger partial charge in [0, 0.05) is 23.7 Å². The second-order valence-electron chi connectivity index (χ2n) is 7.92. The molecule has 1 unspecified atom stereocenters. The van der Waals surface area contributed by atoms with E-state index in [1.807, 2.05) is 39.8 Å². The second kappa shape index (κ2) is 12.9. The fourth-order valence-corrected chi connectivity index (χ4v) is 2.66. The molecule has 0 spiro atoms. The van der Waals surface area contributed by atoms with E-state index in [1.165, 1.54) is 18.2 Å². The molecule has 0 aliphatic carbocycles. The molecule has 180 valence electrons. The Morgan fingerprint density at radius 2 is 1.85 bits per heavy atom. The Balaban J connectivity index is 1.94. The van der Waals surface area contributed by atoms with Gasteiger partial charge in [0.25, 0.3) is 5.91 Å². The first-order valence-electron chi connectivity index (χ1n) is 10.6. The number of rotatable bonds is 12. The molecule has 2 rings (SSSR count). The summed E-state index contributed by atoms with van der Waals surface area (Å²) in [5.74, 6) is -0.640. The van der Waals surface area contributed by atoms with Crippen LogP contribution in [0.15, 0.2) is 54.4 Å². The predicted molar refractivity (Wildman–Crippen MR) is 127 cm³/mol. The van der Waals surface area contributed by atoms with Crippen molar-refractivity contribution in [2.45, 2.75) is 46.6 Å². The van der Waals surface area contributed by atoms with Crippen molar-refractivity contribution < 1.29 is 19.0 Å². The fourth-order valence-electron chi connectivity index (χ4n) is 2.53. The summed E-state index contributed by atoms with van der Waals surface area (Å²) in [7, 11) is 0. The van der Waals surface area contributed by atoms with Crippen LogP contribution in [0, 0.1) is 11.7 Å². The lowest BCUT2D eigenvalue weighted by molar-refractivity contribution is -0.117. The summed E-state index contributed by atoms with van der Waals surface area (Å²) < 4.78 is 19.4. The van der Waals surface area contributed by atoms with Gasteiger partial charge in [0.05, 0.1) is 11.8 Å². The second-order valence-corrected chi connectivity index (χ2v) is 8.36. The van der Waals surface area contributed by atoms with E-state index in [-0.39, 0.29) is 17.8 Å². The zero-order chi connectivity index (χ0) is 24.4. The fraction of sp³-hybridized carbons (Fsp3) is 0.348. The molecule has 0 aromatic heterocycles. The molecule has 8 nitrogen and oxygen atoms in total. The van der Waals surface area contributed by atoms with Crippen molar-refractivity contribution in [3.05, 3.63) is 70.8 Å². The Morgan fingerprint density at radius 1 is 1.15 bits per heavy atom. The number of hydrazine groups is 2. The van der Waals surface area contributed by atoms with E-state index in [2.05, 4.69) is 27.0 Å². The van der Waals surface area contributed by atoms with Gasteiger partial charge in [-0.3, -0.25) is 10.2 Å². The summed E-state index contributed by atoms with van der Waals surface area (Å²) in [5.41, 5.74) is 8.96. The number of carbonyl (C=O) groups excluding carboxylic acids is 1. The summed E-state index contributed by atoms with van der Waals surface area (Å²) >= 11 is 5.91. The first kappa shape index (κ1) is 26.2. The minimum atomic E-state index is -0.859. The molecule has 0 saturated carbocycles. The third kappa shape index (κ3) is 9.56. The molecule has 2 aromatic rings. The van der Waals surface area contributed by atoms with E-state index in [0.29, 0.717) is 23.1 Å². The zero-order valence-corrected chi connectivity index (χ0v) is 19.8. The molecule has 0 heterocycles. The summed E-state index contributed by atoms with van der Waals surface area (Å²) in [5, 5.41) is 16.7. The topological polar surface area (TPSA) is 107 Å². The number of nitrogens with one attached hydrogen (secondary N) is 5. The highest BCUT2D eigenvalue weighted by molar-refractivity contribution is 6.30. The van der Waals surface area contributed by atoms with Crippen molar-refractivity contribution >= 4 is 23.2 Å². The van der Waals surface area contributed by atoms with Crippen molar-refractivity contribution in [2.75, 3.05) is 5.43 Å². The van der Waals surface area contributed by atoms with Gasteiger partial charge in [-0.05, 0) is 49.6 Å². The number of aliphatic hydroxyl groups excluding tert-OH is 1. The maximum absolute atomic E-state index is 14.1. The molecule has 0 aliphatic heterocycles. The van der Waals surface area contributed by atoms with Gasteiger partial charge in [0.1, 0.15) is 12.0 Å². The predicted octanol–water partition coefficient (Wildman–Crippen LogP) is 3.41. The SMILES string of the molecule is CC(C)Oc1ccc(NNNC(=O)/C=C(\NCc2ccc(Cl)cc2)NC(O)C(C)C)cc1F. The third-order valence-electron chi connectivity index (χ3n) is 4.29. The highest BCUT2D eigenvalue weighted by Crippen LogP contribution is 2.21. The Morgan fingerprint density at radius 3 is 2.45 bits per heavy atom. The van der Waals surface area contributed by atoms with Gasteiger partial charge in [-0.1, -0.05) is 37.6 Å². The first-order chi connectivity index (χ1) is 15.6. The van der Waals surface area contributed by atoms with Crippen LogP contribution in [0.4, 0.5) is 10.1 Å². The van der Waals surface area contributed by atoms with Gasteiger partial charge < -0.3 is 25.9 Å². The number of hydrogen-bond donors (Lipinski definition) is 6. The minimum Gasteiger partial charge on any atom is -0.488 e. The van der Waals surface area contributed by atoms with E-state index in [0.717, 1.165) is 5.56 Å². The number of carbonyl (C=O) groups is 1. The van der Waals surface area contributed by atoms with Crippen LogP contribution < -0.4 is 31.8 Å². The van der Waals surface area contributed by atoms with E-state index in [1.54, 1.807) is 18.2 Å². The van der Waals surface area contributed by atoms with Crippen LogP contribution in [0.3, 0.4) is 0 Å². The summed E-state index contributed by atoms with van der Waals surface area (Å²) in [6.45, 7) is 7.71. The van der Waals surface area contributed by atoms with Gasteiger partial charge in [-0.15, -0.1) is 5.53 Å². The molecular formula is C23H31ClFN5O3. The first-order valence-corrected chi connectivity index (χ1v) is 10.9. The molecule has 6 N–H and O–H groups in total. The molecule has 0 fully saturated rings. The average Bonchev–Trinajstić information content (AvgIpc) is 2.74. The normalized spacial score (nSPS) is 12.5. The summed E-state index contributed by atoms with van der Waals surface area (Å²) in [6.07, 6.45) is 0.256. The van der Waals surface area contributed by atoms with Crippen LogP contribution in [0.2, 0.25) is 5.02 Å². The van der Waals surface area contributed by atoms with E-state index >= 15 is 0 Å². The third-order valence-corrected chi connectivity index (χ3v) is 4.55. The molecule has 1 atom stereocenters. The van der Waals surface area contributed by atoms with Crippen LogP contribution in [-0.2, 0) is 11.3 Å². The molecule has 0 bridgehead atoms. The molecule has 0 saturated heterocycles. The van der Waals surface area contributed by atoms with Crippen molar-refractivity contribution in [3.63, 3.8) is 0 Å². The lowest BCUT2D eigenvalue weighted by Gasteiger charge is -2.21. The number of amides is 1. The maximum atomic E-state index is 14.1. The molecule has 1 amide bonds.